The van der Waals surface area contributed by atoms with Gasteiger partial charge in [-0.25, -0.2) is 0 Å². The van der Waals surface area contributed by atoms with E-state index >= 15 is 0 Å². The van der Waals surface area contributed by atoms with Crippen LogP contribution in [0.2, 0.25) is 5.02 Å². The molecule has 0 saturated carbocycles. The number of benzene rings is 1. The van der Waals surface area contributed by atoms with Gasteiger partial charge in [-0.15, -0.1) is 0 Å². The van der Waals surface area contributed by atoms with Gasteiger partial charge in [0.2, 0.25) is 0 Å². The molecule has 1 aromatic carbocycles. The van der Waals surface area contributed by atoms with Gasteiger partial charge in [0.1, 0.15) is 5.75 Å². The normalized spacial score (nSPS) is 10.7. The van der Waals surface area contributed by atoms with Crippen LogP contribution >= 0.6 is 11.6 Å². The third-order valence-corrected chi connectivity index (χ3v) is 3.83. The minimum atomic E-state index is -0.108. The second-order valence-electron chi connectivity index (χ2n) is 4.71. The molecule has 0 aliphatic heterocycles. The first-order valence-corrected chi connectivity index (χ1v) is 7.04. The maximum Gasteiger partial charge on any atom is 0.171 e. The molecule has 0 amide bonds. The first-order chi connectivity index (χ1) is 9.97. The van der Waals surface area contributed by atoms with E-state index in [1.165, 1.54) is 0 Å². The van der Waals surface area contributed by atoms with Crippen LogP contribution in [-0.4, -0.2) is 22.7 Å². The average Bonchev–Trinajstić information content (AvgIpc) is 2.75. The van der Waals surface area contributed by atoms with Gasteiger partial charge in [0.15, 0.2) is 5.78 Å². The summed E-state index contributed by atoms with van der Waals surface area (Å²) < 4.78 is 6.87. The van der Waals surface area contributed by atoms with Gasteiger partial charge in [0.25, 0.3) is 0 Å². The molecule has 0 bridgehead atoms. The molecule has 6 heteroatoms. The number of hydrogen-bond acceptors (Lipinski definition) is 4. The summed E-state index contributed by atoms with van der Waals surface area (Å²) in [6.07, 6.45) is 0.158. The number of Topliss-reactive ketones (excluding diaryl/α,β-unsaturated/α-hetero) is 1. The molecule has 21 heavy (non-hydrogen) atoms. The third kappa shape index (κ3) is 3.03. The molecule has 0 unspecified atom stereocenters. The monoisotopic (exact) mass is 307 g/mol. The van der Waals surface area contributed by atoms with Crippen molar-refractivity contribution >= 4 is 23.1 Å². The zero-order chi connectivity index (χ0) is 15.6. The lowest BCUT2D eigenvalue weighted by Crippen LogP contribution is -2.12. The van der Waals surface area contributed by atoms with Crippen LogP contribution in [0.5, 0.6) is 5.75 Å². The summed E-state index contributed by atoms with van der Waals surface area (Å²) >= 11 is 6.23. The van der Waals surface area contributed by atoms with E-state index in [0.717, 1.165) is 5.69 Å². The molecular formula is C15H18ClN3O2. The Morgan fingerprint density at radius 3 is 2.81 bits per heavy atom. The topological polar surface area (TPSA) is 70.1 Å². The molecular weight excluding hydrogens is 290 g/mol. The van der Waals surface area contributed by atoms with E-state index in [0.29, 0.717) is 34.3 Å². The first-order valence-electron chi connectivity index (χ1n) is 6.66. The number of halogens is 1. The van der Waals surface area contributed by atoms with Crippen molar-refractivity contribution in [2.75, 3.05) is 12.8 Å². The summed E-state index contributed by atoms with van der Waals surface area (Å²) in [5.41, 5.74) is 8.18. The lowest BCUT2D eigenvalue weighted by Gasteiger charge is -2.09. The van der Waals surface area contributed by atoms with Crippen molar-refractivity contribution in [3.63, 3.8) is 0 Å². The van der Waals surface area contributed by atoms with Gasteiger partial charge in [-0.05, 0) is 32.0 Å². The van der Waals surface area contributed by atoms with E-state index in [9.17, 15) is 4.79 Å². The van der Waals surface area contributed by atoms with Crippen molar-refractivity contribution < 1.29 is 9.53 Å². The molecule has 0 aliphatic carbocycles. The van der Waals surface area contributed by atoms with Crippen molar-refractivity contribution in [2.45, 2.75) is 26.8 Å². The number of carbonyl (C=O) groups excluding carboxylic acids is 1. The number of ether oxygens (including phenoxy) is 1. The Morgan fingerprint density at radius 2 is 2.19 bits per heavy atom. The van der Waals surface area contributed by atoms with Gasteiger partial charge in [0.05, 0.1) is 29.9 Å². The number of hydrogen-bond donors (Lipinski definition) is 1. The quantitative estimate of drug-likeness (QED) is 0.681. The van der Waals surface area contributed by atoms with Gasteiger partial charge in [-0.2, -0.15) is 5.10 Å². The Bertz CT molecular complexity index is 680. The molecule has 2 aromatic rings. The largest absolute Gasteiger partial charge is 0.497 e. The van der Waals surface area contributed by atoms with Crippen LogP contribution < -0.4 is 10.5 Å². The molecule has 112 valence electrons. The standard InChI is InChI=1S/C15H18ClN3O2/c1-4-19-13(15(16)9(2)18-19)8-14(20)11-7-10(21-3)5-6-12(11)17/h5-7H,4,8,17H2,1-3H3. The fourth-order valence-corrected chi connectivity index (χ4v) is 2.39. The van der Waals surface area contributed by atoms with E-state index in [2.05, 4.69) is 5.10 Å². The number of aryl methyl sites for hydroxylation is 2. The molecule has 5 nitrogen and oxygen atoms in total. The average molecular weight is 308 g/mol. The van der Waals surface area contributed by atoms with Gasteiger partial charge in [0, 0.05) is 17.8 Å². The Kier molecular flexibility index (Phi) is 4.53. The lowest BCUT2D eigenvalue weighted by atomic mass is 10.0. The maximum atomic E-state index is 12.5. The predicted molar refractivity (Wildman–Crippen MR) is 83.1 cm³/mol. The molecule has 0 atom stereocenters. The minimum absolute atomic E-state index is 0.108. The summed E-state index contributed by atoms with van der Waals surface area (Å²) in [4.78, 5) is 12.5. The minimum Gasteiger partial charge on any atom is -0.497 e. The highest BCUT2D eigenvalue weighted by Gasteiger charge is 2.18. The van der Waals surface area contributed by atoms with E-state index in [-0.39, 0.29) is 12.2 Å². The van der Waals surface area contributed by atoms with Gasteiger partial charge >= 0.3 is 0 Å². The molecule has 2 rings (SSSR count). The summed E-state index contributed by atoms with van der Waals surface area (Å²) in [6.45, 7) is 4.43. The molecule has 0 radical (unpaired) electrons. The smallest absolute Gasteiger partial charge is 0.171 e. The van der Waals surface area contributed by atoms with Crippen molar-refractivity contribution in [1.82, 2.24) is 9.78 Å². The molecule has 2 N–H and O–H groups in total. The van der Waals surface area contributed by atoms with Crippen LogP contribution in [-0.2, 0) is 13.0 Å². The number of ketones is 1. The Balaban J connectivity index is 2.34. The van der Waals surface area contributed by atoms with Crippen LogP contribution in [0, 0.1) is 6.92 Å². The summed E-state index contributed by atoms with van der Waals surface area (Å²) in [5.74, 6) is 0.488. The summed E-state index contributed by atoms with van der Waals surface area (Å²) in [5, 5.41) is 4.84. The highest BCUT2D eigenvalue weighted by Crippen LogP contribution is 2.25. The van der Waals surface area contributed by atoms with Crippen LogP contribution in [0.3, 0.4) is 0 Å². The van der Waals surface area contributed by atoms with E-state index in [1.807, 2.05) is 13.8 Å². The van der Waals surface area contributed by atoms with Crippen LogP contribution in [0.4, 0.5) is 5.69 Å². The molecule has 0 fully saturated rings. The molecule has 0 saturated heterocycles. The lowest BCUT2D eigenvalue weighted by molar-refractivity contribution is 0.0991. The maximum absolute atomic E-state index is 12.5. The van der Waals surface area contributed by atoms with Gasteiger partial charge in [-0.1, -0.05) is 11.6 Å². The van der Waals surface area contributed by atoms with E-state index in [1.54, 1.807) is 30.0 Å². The van der Waals surface area contributed by atoms with Crippen LogP contribution in [0.15, 0.2) is 18.2 Å². The number of carbonyl (C=O) groups is 1. The highest BCUT2D eigenvalue weighted by atomic mass is 35.5. The van der Waals surface area contributed by atoms with E-state index in [4.69, 9.17) is 22.1 Å². The summed E-state index contributed by atoms with van der Waals surface area (Å²) in [6, 6.07) is 5.03. The van der Waals surface area contributed by atoms with Crippen molar-refractivity contribution in [3.8, 4) is 5.75 Å². The van der Waals surface area contributed by atoms with Crippen LogP contribution in [0.25, 0.3) is 0 Å². The third-order valence-electron chi connectivity index (χ3n) is 3.34. The van der Waals surface area contributed by atoms with E-state index < -0.39 is 0 Å². The zero-order valence-electron chi connectivity index (χ0n) is 12.3. The van der Waals surface area contributed by atoms with Crippen molar-refractivity contribution in [2.24, 2.45) is 0 Å². The van der Waals surface area contributed by atoms with Gasteiger partial charge < -0.3 is 10.5 Å². The Hall–Kier alpha value is -2.01. The molecule has 1 aromatic heterocycles. The number of methoxy groups -OCH3 is 1. The number of anilines is 1. The first kappa shape index (κ1) is 15.4. The molecule has 1 heterocycles. The fraction of sp³-hybridized carbons (Fsp3) is 0.333. The molecule has 0 aliphatic rings. The number of nitrogens with two attached hydrogens (primary N) is 1. The second kappa shape index (κ2) is 6.18. The summed E-state index contributed by atoms with van der Waals surface area (Å²) in [7, 11) is 1.55. The van der Waals surface area contributed by atoms with Gasteiger partial charge in [-0.3, -0.25) is 9.48 Å². The van der Waals surface area contributed by atoms with Crippen molar-refractivity contribution in [1.29, 1.82) is 0 Å². The second-order valence-corrected chi connectivity index (χ2v) is 5.09. The Labute approximate surface area is 128 Å². The number of aromatic nitrogens is 2. The number of nitrogens with zero attached hydrogens (tertiary/aromatic N) is 2. The highest BCUT2D eigenvalue weighted by molar-refractivity contribution is 6.32. The van der Waals surface area contributed by atoms with Crippen molar-refractivity contribution in [3.05, 3.63) is 40.2 Å². The number of rotatable bonds is 5. The Morgan fingerprint density at radius 1 is 1.48 bits per heavy atom. The fourth-order valence-electron chi connectivity index (χ4n) is 2.19. The SMILES string of the molecule is CCn1nc(C)c(Cl)c1CC(=O)c1cc(OC)ccc1N. The van der Waals surface area contributed by atoms with Crippen LogP contribution in [0.1, 0.15) is 28.7 Å². The molecule has 0 spiro atoms. The predicted octanol–water partition coefficient (Wildman–Crippen LogP) is 2.88. The zero-order valence-corrected chi connectivity index (χ0v) is 13.1. The number of nitrogen functional groups attached to an aromatic ring is 1.